The molecule has 0 aliphatic rings. The Morgan fingerprint density at radius 3 is 2.28 bits per heavy atom. The van der Waals surface area contributed by atoms with Crippen molar-refractivity contribution in [3.8, 4) is 0 Å². The molecule has 0 fully saturated rings. The van der Waals surface area contributed by atoms with Gasteiger partial charge in [0.25, 0.3) is 0 Å². The molecule has 0 spiro atoms. The average Bonchev–Trinajstić information content (AvgIpc) is 2.34. The molecule has 0 atom stereocenters. The van der Waals surface area contributed by atoms with Crippen LogP contribution in [0.2, 0.25) is 15.1 Å². The van der Waals surface area contributed by atoms with E-state index in [4.69, 9.17) is 46.3 Å². The molecule has 0 amide bonds. The molecule has 2 nitrogen and oxygen atoms in total. The van der Waals surface area contributed by atoms with Crippen LogP contribution in [0.5, 0.6) is 0 Å². The number of hydrogen-bond acceptors (Lipinski definition) is 2. The lowest BCUT2D eigenvalue weighted by Gasteiger charge is -2.12. The van der Waals surface area contributed by atoms with Crippen LogP contribution in [0.4, 0.5) is 11.4 Å². The number of anilines is 2. The zero-order chi connectivity index (χ0) is 13.3. The van der Waals surface area contributed by atoms with E-state index in [1.807, 2.05) is 24.3 Å². The van der Waals surface area contributed by atoms with Crippen molar-refractivity contribution in [2.75, 3.05) is 11.5 Å². The summed E-state index contributed by atoms with van der Waals surface area (Å²) in [6.45, 7) is 0. The third-order valence-electron chi connectivity index (χ3n) is 2.73. The van der Waals surface area contributed by atoms with Crippen LogP contribution >= 0.6 is 34.8 Å². The first-order chi connectivity index (χ1) is 8.50. The van der Waals surface area contributed by atoms with Crippen LogP contribution in [0, 0.1) is 0 Å². The van der Waals surface area contributed by atoms with E-state index >= 15 is 0 Å². The molecule has 0 aliphatic carbocycles. The van der Waals surface area contributed by atoms with Gasteiger partial charge < -0.3 is 11.5 Å². The lowest BCUT2D eigenvalue weighted by Crippen LogP contribution is -2.01. The topological polar surface area (TPSA) is 52.0 Å². The van der Waals surface area contributed by atoms with Gasteiger partial charge in [0, 0.05) is 17.7 Å². The minimum absolute atomic E-state index is 0.389. The molecule has 0 saturated heterocycles. The number of nitrogens with two attached hydrogens (primary N) is 2. The van der Waals surface area contributed by atoms with Crippen LogP contribution in [-0.4, -0.2) is 0 Å². The second-order valence-electron chi connectivity index (χ2n) is 3.92. The highest BCUT2D eigenvalue weighted by Gasteiger charge is 2.14. The summed E-state index contributed by atoms with van der Waals surface area (Å²) in [5.74, 6) is 0. The Hall–Kier alpha value is -1.09. The van der Waals surface area contributed by atoms with Crippen LogP contribution in [-0.2, 0) is 6.42 Å². The average molecular weight is 302 g/mol. The number of benzene rings is 2. The summed E-state index contributed by atoms with van der Waals surface area (Å²) in [5, 5.41) is 1.20. The highest BCUT2D eigenvalue weighted by molar-refractivity contribution is 6.44. The quantitative estimate of drug-likeness (QED) is 0.638. The zero-order valence-corrected chi connectivity index (χ0v) is 11.7. The summed E-state index contributed by atoms with van der Waals surface area (Å²) in [5.41, 5.74) is 14.6. The summed E-state index contributed by atoms with van der Waals surface area (Å²) in [6.07, 6.45) is 0.498. The maximum atomic E-state index is 6.16. The van der Waals surface area contributed by atoms with Crippen LogP contribution in [0.15, 0.2) is 30.3 Å². The molecule has 0 saturated carbocycles. The fraction of sp³-hybridized carbons (Fsp3) is 0.0769. The Morgan fingerprint density at radius 2 is 1.61 bits per heavy atom. The summed E-state index contributed by atoms with van der Waals surface area (Å²) in [7, 11) is 0. The smallest absolute Gasteiger partial charge is 0.0654 e. The Bertz CT molecular complexity index is 571. The van der Waals surface area contributed by atoms with Crippen molar-refractivity contribution in [1.82, 2.24) is 0 Å². The van der Waals surface area contributed by atoms with Gasteiger partial charge in [-0.05, 0) is 17.7 Å². The molecule has 0 radical (unpaired) electrons. The van der Waals surface area contributed by atoms with E-state index in [9.17, 15) is 0 Å². The van der Waals surface area contributed by atoms with Gasteiger partial charge in [0.05, 0.1) is 20.8 Å². The Morgan fingerprint density at radius 1 is 0.944 bits per heavy atom. The van der Waals surface area contributed by atoms with E-state index in [0.717, 1.165) is 5.56 Å². The number of halogens is 3. The molecule has 18 heavy (non-hydrogen) atoms. The van der Waals surface area contributed by atoms with Crippen molar-refractivity contribution in [3.05, 3.63) is 56.5 Å². The second kappa shape index (κ2) is 5.27. The van der Waals surface area contributed by atoms with Gasteiger partial charge in [-0.1, -0.05) is 53.0 Å². The molecule has 94 valence electrons. The molecule has 0 heterocycles. The molecule has 0 bridgehead atoms. The van der Waals surface area contributed by atoms with Crippen LogP contribution in [0.3, 0.4) is 0 Å². The van der Waals surface area contributed by atoms with Crippen LogP contribution in [0.25, 0.3) is 0 Å². The monoisotopic (exact) mass is 300 g/mol. The van der Waals surface area contributed by atoms with Gasteiger partial charge in [-0.2, -0.15) is 0 Å². The van der Waals surface area contributed by atoms with Crippen molar-refractivity contribution in [3.63, 3.8) is 0 Å². The Balaban J connectivity index is 2.50. The first-order valence-electron chi connectivity index (χ1n) is 5.26. The van der Waals surface area contributed by atoms with Crippen molar-refractivity contribution >= 4 is 46.2 Å². The summed E-state index contributed by atoms with van der Waals surface area (Å²) in [6, 6.07) is 9.06. The predicted octanol–water partition coefficient (Wildman–Crippen LogP) is 4.40. The maximum absolute atomic E-state index is 6.16. The summed E-state index contributed by atoms with van der Waals surface area (Å²) < 4.78 is 0. The van der Waals surface area contributed by atoms with Crippen LogP contribution in [0.1, 0.15) is 11.1 Å². The van der Waals surface area contributed by atoms with E-state index in [2.05, 4.69) is 0 Å². The predicted molar refractivity (Wildman–Crippen MR) is 79.5 cm³/mol. The lowest BCUT2D eigenvalue weighted by molar-refractivity contribution is 1.20. The second-order valence-corrected chi connectivity index (χ2v) is 5.11. The minimum atomic E-state index is 0.389. The Labute approximate surface area is 120 Å². The fourth-order valence-electron chi connectivity index (χ4n) is 1.72. The largest absolute Gasteiger partial charge is 0.398 e. The van der Waals surface area contributed by atoms with Gasteiger partial charge >= 0.3 is 0 Å². The van der Waals surface area contributed by atoms with E-state index in [1.165, 1.54) is 0 Å². The van der Waals surface area contributed by atoms with Gasteiger partial charge in [0.1, 0.15) is 0 Å². The van der Waals surface area contributed by atoms with Crippen molar-refractivity contribution in [1.29, 1.82) is 0 Å². The number of rotatable bonds is 2. The van der Waals surface area contributed by atoms with E-state index in [-0.39, 0.29) is 0 Å². The molecular weight excluding hydrogens is 291 g/mol. The number of nitrogen functional groups attached to an aromatic ring is 2. The van der Waals surface area contributed by atoms with Gasteiger partial charge in [-0.25, -0.2) is 0 Å². The zero-order valence-electron chi connectivity index (χ0n) is 9.38. The molecular formula is C13H11Cl3N2. The maximum Gasteiger partial charge on any atom is 0.0654 e. The molecule has 4 N–H and O–H groups in total. The summed E-state index contributed by atoms with van der Waals surface area (Å²) in [4.78, 5) is 0. The van der Waals surface area contributed by atoms with E-state index < -0.39 is 0 Å². The first-order valence-corrected chi connectivity index (χ1v) is 6.39. The van der Waals surface area contributed by atoms with E-state index in [0.29, 0.717) is 38.4 Å². The molecule has 2 aromatic rings. The van der Waals surface area contributed by atoms with Crippen LogP contribution < -0.4 is 11.5 Å². The third kappa shape index (κ3) is 2.51. The van der Waals surface area contributed by atoms with Gasteiger partial charge in [0.15, 0.2) is 0 Å². The first kappa shape index (κ1) is 13.3. The highest BCUT2D eigenvalue weighted by atomic mass is 35.5. The number of hydrogen-bond donors (Lipinski definition) is 2. The van der Waals surface area contributed by atoms with Crippen molar-refractivity contribution < 1.29 is 0 Å². The van der Waals surface area contributed by atoms with Gasteiger partial charge in [-0.3, -0.25) is 0 Å². The summed E-state index contributed by atoms with van der Waals surface area (Å²) >= 11 is 18.2. The van der Waals surface area contributed by atoms with Gasteiger partial charge in [-0.15, -0.1) is 0 Å². The highest BCUT2D eigenvalue weighted by Crippen LogP contribution is 2.37. The molecule has 0 unspecified atom stereocenters. The lowest BCUT2D eigenvalue weighted by atomic mass is 10.0. The van der Waals surface area contributed by atoms with Crippen molar-refractivity contribution in [2.45, 2.75) is 6.42 Å². The number of para-hydroxylation sites is 1. The molecule has 2 rings (SSSR count). The molecule has 0 aliphatic heterocycles. The molecule has 0 aromatic heterocycles. The van der Waals surface area contributed by atoms with Gasteiger partial charge in [0.2, 0.25) is 0 Å². The van der Waals surface area contributed by atoms with E-state index in [1.54, 1.807) is 6.07 Å². The Kier molecular flexibility index (Phi) is 3.91. The third-order valence-corrected chi connectivity index (χ3v) is 3.87. The molecule has 5 heteroatoms. The standard InChI is InChI=1S/C13H11Cl3N2/c14-9-6-10(15)13(18)8(12(9)16)5-7-3-1-2-4-11(7)17/h1-4,6H,5,17-18H2. The van der Waals surface area contributed by atoms with Crippen molar-refractivity contribution in [2.24, 2.45) is 0 Å². The SMILES string of the molecule is Nc1ccccc1Cc1c(N)c(Cl)cc(Cl)c1Cl. The minimum Gasteiger partial charge on any atom is -0.398 e. The molecule has 2 aromatic carbocycles. The normalized spacial score (nSPS) is 10.6. The fourth-order valence-corrected chi connectivity index (χ4v) is 2.44.